The number of fused-ring (bicyclic) bond motifs is 8. The number of rotatable bonds is 5. The summed E-state index contributed by atoms with van der Waals surface area (Å²) in [5.74, 6) is 0. The molecule has 0 bridgehead atoms. The lowest BCUT2D eigenvalue weighted by Gasteiger charge is -2.25. The molecule has 5 aromatic carbocycles. The minimum atomic E-state index is -0.0963. The summed E-state index contributed by atoms with van der Waals surface area (Å²) < 4.78 is 8.91. The topological polar surface area (TPSA) is 57.0 Å². The van der Waals surface area contributed by atoms with E-state index in [1.807, 2.05) is 43.5 Å². The molecular formula is C51H45N3O. The molecule has 0 saturated carbocycles. The highest BCUT2D eigenvalue weighted by Gasteiger charge is 2.23. The average Bonchev–Trinajstić information content (AvgIpc) is 3.76. The Balaban J connectivity index is 0.000000805. The van der Waals surface area contributed by atoms with E-state index in [0.717, 1.165) is 67.4 Å². The van der Waals surface area contributed by atoms with Crippen LogP contribution in [0.25, 0.3) is 72.3 Å². The minimum absolute atomic E-state index is 0.0963. The maximum Gasteiger partial charge on any atom is 0.145 e. The van der Waals surface area contributed by atoms with Gasteiger partial charge in [0, 0.05) is 40.2 Å². The molecule has 0 unspecified atom stereocenters. The van der Waals surface area contributed by atoms with Gasteiger partial charge in [-0.1, -0.05) is 137 Å². The Morgan fingerprint density at radius 3 is 2.36 bits per heavy atom. The molecule has 1 aliphatic carbocycles. The fourth-order valence-electron chi connectivity index (χ4n) is 7.64. The van der Waals surface area contributed by atoms with Crippen LogP contribution in [0.4, 0.5) is 0 Å². The van der Waals surface area contributed by atoms with Crippen LogP contribution in [0.1, 0.15) is 50.1 Å². The molecular weight excluding hydrogens is 671 g/mol. The van der Waals surface area contributed by atoms with Gasteiger partial charge in [0.2, 0.25) is 0 Å². The van der Waals surface area contributed by atoms with Crippen molar-refractivity contribution in [2.45, 2.75) is 39.5 Å². The first-order valence-corrected chi connectivity index (χ1v) is 18.9. The van der Waals surface area contributed by atoms with Gasteiger partial charge in [0.05, 0.1) is 22.1 Å². The molecule has 0 fully saturated rings. The molecule has 0 amide bonds. The predicted octanol–water partition coefficient (Wildman–Crippen LogP) is 13.3. The van der Waals surface area contributed by atoms with Crippen molar-refractivity contribution in [2.24, 2.45) is 5.73 Å². The Morgan fingerprint density at radius 1 is 0.818 bits per heavy atom. The maximum absolute atomic E-state index is 6.58. The first-order valence-electron chi connectivity index (χ1n) is 18.9. The lowest BCUT2D eigenvalue weighted by molar-refractivity contribution is 0.591. The van der Waals surface area contributed by atoms with Gasteiger partial charge >= 0.3 is 0 Å². The molecule has 3 aromatic heterocycles. The molecule has 4 nitrogen and oxygen atoms in total. The Labute approximate surface area is 322 Å². The third kappa shape index (κ3) is 6.72. The van der Waals surface area contributed by atoms with Crippen molar-refractivity contribution in [1.29, 1.82) is 0 Å². The number of nitrogens with two attached hydrogens (primary N) is 1. The van der Waals surface area contributed by atoms with E-state index in [9.17, 15) is 0 Å². The smallest absolute Gasteiger partial charge is 0.145 e. The fraction of sp³-hybridized carbons (Fsp3) is 0.118. The number of pyridine rings is 1. The Morgan fingerprint density at radius 2 is 1.60 bits per heavy atom. The normalized spacial score (nSPS) is 13.9. The quantitative estimate of drug-likeness (QED) is 0.181. The fourth-order valence-corrected chi connectivity index (χ4v) is 7.64. The standard InChI is InChI=1S/C46H37N3O.C5H8/c1-46(2,3)38-28-33(49-41-12-6-4-11-37(41)44-42(49)25-23-36-35-10-5-7-13-43(35)50-45(36)44)21-22-34(38)30-17-19-31(20-18-30)39(47)24-15-29-14-16-32-9-8-26-48-40(32)27-29;1-3-5-4-2/h4-26,28H,27,47H2,1-3H3;3-5H,1H2,2H3/b29-15-,39-24-;5-4-. The highest BCUT2D eigenvalue weighted by molar-refractivity contribution is 6.23. The van der Waals surface area contributed by atoms with Gasteiger partial charge in [-0.25, -0.2) is 0 Å². The van der Waals surface area contributed by atoms with E-state index < -0.39 is 0 Å². The molecule has 55 heavy (non-hydrogen) atoms. The van der Waals surface area contributed by atoms with Crippen molar-refractivity contribution in [3.63, 3.8) is 0 Å². The molecule has 0 spiro atoms. The number of aromatic nitrogens is 2. The monoisotopic (exact) mass is 715 g/mol. The SMILES string of the molecule is C=C/C=C\C.CC(C)(C)c1cc(-n2c3ccccc3c3c4oc5ccccc5c4ccc32)ccc1-c1ccc(/C(N)=C/C=C2/C=Cc3cccnc3C2)cc1. The molecule has 3 heterocycles. The summed E-state index contributed by atoms with van der Waals surface area (Å²) in [5.41, 5.74) is 20.6. The molecule has 1 aliphatic rings. The van der Waals surface area contributed by atoms with Gasteiger partial charge in [-0.15, -0.1) is 0 Å². The van der Waals surface area contributed by atoms with Crippen molar-refractivity contribution < 1.29 is 4.42 Å². The van der Waals surface area contributed by atoms with Gasteiger partial charge in [0.15, 0.2) is 0 Å². The summed E-state index contributed by atoms with van der Waals surface area (Å²) in [4.78, 5) is 4.53. The number of benzene rings is 5. The first-order chi connectivity index (χ1) is 26.7. The van der Waals surface area contributed by atoms with Crippen LogP contribution < -0.4 is 5.73 Å². The number of allylic oxidation sites excluding steroid dienone is 7. The van der Waals surface area contributed by atoms with Crippen LogP contribution in [0.3, 0.4) is 0 Å². The Bertz CT molecular complexity index is 2850. The molecule has 0 aliphatic heterocycles. The van der Waals surface area contributed by atoms with Crippen molar-refractivity contribution in [3.8, 4) is 16.8 Å². The molecule has 0 atom stereocenters. The van der Waals surface area contributed by atoms with E-state index in [2.05, 4.69) is 158 Å². The summed E-state index contributed by atoms with van der Waals surface area (Å²) in [7, 11) is 0. The van der Waals surface area contributed by atoms with Gasteiger partial charge in [-0.3, -0.25) is 4.98 Å². The molecule has 8 aromatic rings. The Kier molecular flexibility index (Phi) is 9.42. The average molecular weight is 716 g/mol. The van der Waals surface area contributed by atoms with Crippen molar-refractivity contribution in [1.82, 2.24) is 9.55 Å². The van der Waals surface area contributed by atoms with Crippen LogP contribution in [0.5, 0.6) is 0 Å². The third-order valence-corrected chi connectivity index (χ3v) is 10.4. The van der Waals surface area contributed by atoms with E-state index in [-0.39, 0.29) is 5.41 Å². The summed E-state index contributed by atoms with van der Waals surface area (Å²) in [6, 6.07) is 41.0. The number of para-hydroxylation sites is 2. The second-order valence-corrected chi connectivity index (χ2v) is 15.0. The van der Waals surface area contributed by atoms with E-state index in [0.29, 0.717) is 0 Å². The van der Waals surface area contributed by atoms with Gasteiger partial charge in [0.1, 0.15) is 11.2 Å². The zero-order valence-electron chi connectivity index (χ0n) is 31.9. The molecule has 0 radical (unpaired) electrons. The van der Waals surface area contributed by atoms with E-state index in [1.54, 1.807) is 6.08 Å². The van der Waals surface area contributed by atoms with Crippen molar-refractivity contribution in [3.05, 3.63) is 192 Å². The molecule has 0 saturated heterocycles. The van der Waals surface area contributed by atoms with E-state index in [1.165, 1.54) is 33.2 Å². The van der Waals surface area contributed by atoms with Crippen LogP contribution in [0, 0.1) is 0 Å². The second kappa shape index (κ2) is 14.6. The van der Waals surface area contributed by atoms with E-state index in [4.69, 9.17) is 10.2 Å². The zero-order chi connectivity index (χ0) is 38.1. The van der Waals surface area contributed by atoms with Crippen molar-refractivity contribution >= 4 is 55.5 Å². The summed E-state index contributed by atoms with van der Waals surface area (Å²) in [6.45, 7) is 12.3. The lowest BCUT2D eigenvalue weighted by atomic mass is 9.81. The van der Waals surface area contributed by atoms with Gasteiger partial charge in [0.25, 0.3) is 0 Å². The lowest BCUT2D eigenvalue weighted by Crippen LogP contribution is -2.13. The summed E-state index contributed by atoms with van der Waals surface area (Å²) in [5, 5.41) is 4.62. The van der Waals surface area contributed by atoms with Crippen LogP contribution in [-0.4, -0.2) is 9.55 Å². The molecule has 4 heteroatoms. The molecule has 2 N–H and O–H groups in total. The zero-order valence-corrected chi connectivity index (χ0v) is 31.9. The Hall–Kier alpha value is -6.65. The summed E-state index contributed by atoms with van der Waals surface area (Å²) >= 11 is 0. The highest BCUT2D eigenvalue weighted by Crippen LogP contribution is 2.42. The van der Waals surface area contributed by atoms with Crippen molar-refractivity contribution in [2.75, 3.05) is 0 Å². The largest absolute Gasteiger partial charge is 0.455 e. The number of hydrogen-bond donors (Lipinski definition) is 1. The minimum Gasteiger partial charge on any atom is -0.455 e. The van der Waals surface area contributed by atoms with E-state index >= 15 is 0 Å². The molecule has 270 valence electrons. The number of hydrogen-bond acceptors (Lipinski definition) is 3. The van der Waals surface area contributed by atoms with Crippen LogP contribution in [0.15, 0.2) is 174 Å². The predicted molar refractivity (Wildman–Crippen MR) is 234 cm³/mol. The first kappa shape index (κ1) is 35.4. The highest BCUT2D eigenvalue weighted by atomic mass is 16.3. The summed E-state index contributed by atoms with van der Waals surface area (Å²) in [6.07, 6.45) is 16.6. The van der Waals surface area contributed by atoms with Crippen LogP contribution >= 0.6 is 0 Å². The third-order valence-electron chi connectivity index (χ3n) is 10.4. The van der Waals surface area contributed by atoms with Crippen LogP contribution in [0.2, 0.25) is 0 Å². The van der Waals surface area contributed by atoms with Gasteiger partial charge in [-0.2, -0.15) is 0 Å². The molecule has 9 rings (SSSR count). The van der Waals surface area contributed by atoms with Gasteiger partial charge < -0.3 is 14.7 Å². The van der Waals surface area contributed by atoms with Crippen LogP contribution in [-0.2, 0) is 11.8 Å². The van der Waals surface area contributed by atoms with Gasteiger partial charge in [-0.05, 0) is 94.3 Å². The number of furan rings is 1. The second-order valence-electron chi connectivity index (χ2n) is 15.0. The maximum atomic E-state index is 6.58. The number of nitrogens with zero attached hydrogens (tertiary/aromatic N) is 2.